The van der Waals surface area contributed by atoms with Gasteiger partial charge in [0.15, 0.2) is 0 Å². The normalized spacial score (nSPS) is 16.3. The Morgan fingerprint density at radius 3 is 2.61 bits per heavy atom. The first-order chi connectivity index (χ1) is 8.63. The van der Waals surface area contributed by atoms with Gasteiger partial charge in [0.2, 0.25) is 0 Å². The number of hydrogen-bond acceptors (Lipinski definition) is 3. The Balaban J connectivity index is 2.17. The Morgan fingerprint density at radius 2 is 2.06 bits per heavy atom. The van der Waals surface area contributed by atoms with Crippen LogP contribution in [0.3, 0.4) is 0 Å². The monoisotopic (exact) mass is 255 g/mol. The van der Waals surface area contributed by atoms with Crippen molar-refractivity contribution in [3.8, 4) is 0 Å². The number of likely N-dealkylation sites (tertiary alicyclic amines) is 1. The van der Waals surface area contributed by atoms with E-state index in [1.807, 2.05) is 0 Å². The lowest BCUT2D eigenvalue weighted by atomic mass is 9.92. The first-order valence-electron chi connectivity index (χ1n) is 6.38. The fraction of sp³-hybridized carbons (Fsp3) is 0.692. The number of rotatable bonds is 6. The molecule has 0 saturated carbocycles. The van der Waals surface area contributed by atoms with E-state index in [1.54, 1.807) is 11.0 Å². The molecule has 0 radical (unpaired) electrons. The Kier molecular flexibility index (Phi) is 6.25. The number of hydrogen-bond donors (Lipinski definition) is 1. The molecule has 0 aromatic heterocycles. The number of carbonyl (C=O) groups is 2. The molecule has 0 spiro atoms. The van der Waals surface area contributed by atoms with E-state index >= 15 is 0 Å². The molecule has 1 fully saturated rings. The van der Waals surface area contributed by atoms with Crippen molar-refractivity contribution in [1.29, 1.82) is 0 Å². The van der Waals surface area contributed by atoms with Gasteiger partial charge in [-0.3, -0.25) is 4.79 Å². The van der Waals surface area contributed by atoms with E-state index in [2.05, 4.69) is 6.58 Å². The number of aliphatic carboxylic acids is 1. The van der Waals surface area contributed by atoms with Gasteiger partial charge in [-0.05, 0) is 31.6 Å². The van der Waals surface area contributed by atoms with E-state index in [0.29, 0.717) is 19.0 Å². The molecular weight excluding hydrogens is 234 g/mol. The van der Waals surface area contributed by atoms with Crippen LogP contribution < -0.4 is 0 Å². The quantitative estimate of drug-likeness (QED) is 0.739. The van der Waals surface area contributed by atoms with Gasteiger partial charge in [-0.15, -0.1) is 0 Å². The predicted molar refractivity (Wildman–Crippen MR) is 67.3 cm³/mol. The van der Waals surface area contributed by atoms with Gasteiger partial charge in [-0.1, -0.05) is 12.7 Å². The molecular formula is C13H21NO4. The molecule has 0 aromatic rings. The van der Waals surface area contributed by atoms with Crippen molar-refractivity contribution in [3.05, 3.63) is 12.7 Å². The minimum atomic E-state index is -0.736. The molecule has 5 heteroatoms. The zero-order valence-electron chi connectivity index (χ0n) is 10.6. The van der Waals surface area contributed by atoms with Gasteiger partial charge in [0.05, 0.1) is 0 Å². The molecule has 0 atom stereocenters. The SMILES string of the molecule is C=CCOC(=O)N1CCC(CCCC(=O)O)CC1. The van der Waals surface area contributed by atoms with Crippen molar-refractivity contribution in [2.75, 3.05) is 19.7 Å². The van der Waals surface area contributed by atoms with E-state index < -0.39 is 5.97 Å². The van der Waals surface area contributed by atoms with E-state index in [-0.39, 0.29) is 19.1 Å². The molecule has 0 unspecified atom stereocenters. The summed E-state index contributed by atoms with van der Waals surface area (Å²) in [5, 5.41) is 8.56. The van der Waals surface area contributed by atoms with Crippen LogP contribution in [0.5, 0.6) is 0 Å². The summed E-state index contributed by atoms with van der Waals surface area (Å²) >= 11 is 0. The second-order valence-corrected chi connectivity index (χ2v) is 4.58. The summed E-state index contributed by atoms with van der Waals surface area (Å²) in [6.45, 7) is 5.15. The van der Waals surface area contributed by atoms with Crippen LogP contribution in [0.25, 0.3) is 0 Å². The third-order valence-corrected chi connectivity index (χ3v) is 3.20. The highest BCUT2D eigenvalue weighted by Gasteiger charge is 2.23. The van der Waals surface area contributed by atoms with E-state index in [1.165, 1.54) is 0 Å². The number of carboxylic acids is 1. The average Bonchev–Trinajstić information content (AvgIpc) is 2.36. The second kappa shape index (κ2) is 7.74. The van der Waals surface area contributed by atoms with E-state index in [9.17, 15) is 9.59 Å². The lowest BCUT2D eigenvalue weighted by molar-refractivity contribution is -0.137. The molecule has 1 aliphatic heterocycles. The third kappa shape index (κ3) is 5.21. The molecule has 1 saturated heterocycles. The fourth-order valence-corrected chi connectivity index (χ4v) is 2.17. The average molecular weight is 255 g/mol. The Bertz CT molecular complexity index is 295. The molecule has 0 aliphatic carbocycles. The van der Waals surface area contributed by atoms with Crippen LogP contribution >= 0.6 is 0 Å². The first kappa shape index (κ1) is 14.5. The highest BCUT2D eigenvalue weighted by Crippen LogP contribution is 2.22. The maximum absolute atomic E-state index is 11.5. The van der Waals surface area contributed by atoms with Crippen molar-refractivity contribution >= 4 is 12.1 Å². The van der Waals surface area contributed by atoms with Gasteiger partial charge >= 0.3 is 12.1 Å². The van der Waals surface area contributed by atoms with E-state index in [0.717, 1.165) is 25.7 Å². The van der Waals surface area contributed by atoms with Gasteiger partial charge in [0.1, 0.15) is 6.61 Å². The number of nitrogens with zero attached hydrogens (tertiary/aromatic N) is 1. The van der Waals surface area contributed by atoms with Gasteiger partial charge in [0.25, 0.3) is 0 Å². The van der Waals surface area contributed by atoms with Gasteiger partial charge < -0.3 is 14.7 Å². The fourth-order valence-electron chi connectivity index (χ4n) is 2.17. The Morgan fingerprint density at radius 1 is 1.39 bits per heavy atom. The molecule has 5 nitrogen and oxygen atoms in total. The van der Waals surface area contributed by atoms with Crippen LogP contribution in [0.2, 0.25) is 0 Å². The molecule has 0 aromatic carbocycles. The highest BCUT2D eigenvalue weighted by atomic mass is 16.6. The lowest BCUT2D eigenvalue weighted by Gasteiger charge is -2.31. The summed E-state index contributed by atoms with van der Waals surface area (Å²) < 4.78 is 4.97. The Hall–Kier alpha value is -1.52. The lowest BCUT2D eigenvalue weighted by Crippen LogP contribution is -2.38. The predicted octanol–water partition coefficient (Wildman–Crippen LogP) is 2.28. The summed E-state index contributed by atoms with van der Waals surface area (Å²) in [6, 6.07) is 0. The van der Waals surface area contributed by atoms with Crippen molar-refractivity contribution in [1.82, 2.24) is 4.90 Å². The van der Waals surface area contributed by atoms with Crippen molar-refractivity contribution in [2.24, 2.45) is 5.92 Å². The van der Waals surface area contributed by atoms with Crippen molar-refractivity contribution in [3.63, 3.8) is 0 Å². The maximum atomic E-state index is 11.5. The van der Waals surface area contributed by atoms with Crippen LogP contribution in [-0.2, 0) is 9.53 Å². The molecule has 1 N–H and O–H groups in total. The van der Waals surface area contributed by atoms with Crippen LogP contribution in [0.4, 0.5) is 4.79 Å². The topological polar surface area (TPSA) is 66.8 Å². The Labute approximate surface area is 107 Å². The third-order valence-electron chi connectivity index (χ3n) is 3.20. The van der Waals surface area contributed by atoms with E-state index in [4.69, 9.17) is 9.84 Å². The highest BCUT2D eigenvalue weighted by molar-refractivity contribution is 5.67. The van der Waals surface area contributed by atoms with Gasteiger partial charge in [-0.2, -0.15) is 0 Å². The zero-order valence-corrected chi connectivity index (χ0v) is 10.6. The van der Waals surface area contributed by atoms with Crippen LogP contribution in [0.1, 0.15) is 32.1 Å². The standard InChI is InChI=1S/C13H21NO4/c1-2-10-18-13(17)14-8-6-11(7-9-14)4-3-5-12(15)16/h2,11H,1,3-10H2,(H,15,16). The second-order valence-electron chi connectivity index (χ2n) is 4.58. The molecule has 1 aliphatic rings. The van der Waals surface area contributed by atoms with Crippen LogP contribution in [0, 0.1) is 5.92 Å². The number of ether oxygens (including phenoxy) is 1. The summed E-state index contributed by atoms with van der Waals surface area (Å²) in [7, 11) is 0. The number of piperidine rings is 1. The van der Waals surface area contributed by atoms with Crippen molar-refractivity contribution < 1.29 is 19.4 Å². The molecule has 102 valence electrons. The molecule has 1 amide bonds. The molecule has 1 heterocycles. The summed E-state index contributed by atoms with van der Waals surface area (Å²) in [4.78, 5) is 23.7. The van der Waals surface area contributed by atoms with Crippen LogP contribution in [-0.4, -0.2) is 41.8 Å². The summed E-state index contributed by atoms with van der Waals surface area (Å²) in [6.07, 6.45) is 5.03. The van der Waals surface area contributed by atoms with Gasteiger partial charge in [0, 0.05) is 19.5 Å². The zero-order chi connectivity index (χ0) is 13.4. The first-order valence-corrected chi connectivity index (χ1v) is 6.38. The summed E-state index contributed by atoms with van der Waals surface area (Å²) in [5.41, 5.74) is 0. The van der Waals surface area contributed by atoms with Gasteiger partial charge in [-0.25, -0.2) is 4.79 Å². The minimum absolute atomic E-state index is 0.238. The number of carboxylic acid groups (broad SMARTS) is 1. The summed E-state index contributed by atoms with van der Waals surface area (Å²) in [5.74, 6) is -0.201. The van der Waals surface area contributed by atoms with Crippen molar-refractivity contribution in [2.45, 2.75) is 32.1 Å². The maximum Gasteiger partial charge on any atom is 0.410 e. The largest absolute Gasteiger partial charge is 0.481 e. The molecule has 18 heavy (non-hydrogen) atoms. The molecule has 0 bridgehead atoms. The van der Waals surface area contributed by atoms with Crippen LogP contribution in [0.15, 0.2) is 12.7 Å². The molecule has 1 rings (SSSR count). The smallest absolute Gasteiger partial charge is 0.410 e. The number of carbonyl (C=O) groups excluding carboxylic acids is 1. The minimum Gasteiger partial charge on any atom is -0.481 e. The number of amides is 1.